The maximum absolute atomic E-state index is 13.1. The average molecular weight is 473 g/mol. The van der Waals surface area contributed by atoms with E-state index in [1.165, 1.54) is 6.07 Å². The topological polar surface area (TPSA) is 93.1 Å². The van der Waals surface area contributed by atoms with Crippen LogP contribution in [0.2, 0.25) is 5.02 Å². The van der Waals surface area contributed by atoms with Crippen molar-refractivity contribution >= 4 is 34.8 Å². The molecule has 170 valence electrons. The molecule has 0 saturated heterocycles. The highest BCUT2D eigenvalue weighted by atomic mass is 35.5. The number of hydrogen-bond donors (Lipinski definition) is 2. The zero-order valence-electron chi connectivity index (χ0n) is 18.3. The summed E-state index contributed by atoms with van der Waals surface area (Å²) < 4.78 is 1.04. The number of carbonyl (C=O) groups is 2. The van der Waals surface area contributed by atoms with Gasteiger partial charge in [0, 0.05) is 21.8 Å². The molecule has 0 atom stereocenters. The van der Waals surface area contributed by atoms with Crippen LogP contribution in [0.25, 0.3) is 11.3 Å². The van der Waals surface area contributed by atoms with Gasteiger partial charge in [0.2, 0.25) is 5.91 Å². The largest absolute Gasteiger partial charge is 0.324 e. The smallest absolute Gasteiger partial charge is 0.291 e. The maximum Gasteiger partial charge on any atom is 0.291 e. The van der Waals surface area contributed by atoms with Crippen molar-refractivity contribution < 1.29 is 9.59 Å². The molecule has 2 N–H and O–H groups in total. The number of amides is 2. The fourth-order valence-electron chi connectivity index (χ4n) is 3.28. The molecule has 0 bridgehead atoms. The third-order valence-corrected chi connectivity index (χ3v) is 5.48. The van der Waals surface area contributed by atoms with E-state index in [1.807, 2.05) is 37.3 Å². The number of nitrogens with one attached hydrogen (secondary N) is 2. The summed E-state index contributed by atoms with van der Waals surface area (Å²) in [5, 5.41) is 10.3. The van der Waals surface area contributed by atoms with Gasteiger partial charge >= 0.3 is 0 Å². The number of aryl methyl sites for hydroxylation is 1. The summed E-state index contributed by atoms with van der Waals surface area (Å²) in [5.74, 6) is -0.895. The summed E-state index contributed by atoms with van der Waals surface area (Å²) in [6.07, 6.45) is 0. The molecule has 1 heterocycles. The van der Waals surface area contributed by atoms with Crippen LogP contribution in [-0.4, -0.2) is 21.6 Å². The van der Waals surface area contributed by atoms with Crippen LogP contribution in [0.1, 0.15) is 15.9 Å². The second kappa shape index (κ2) is 10.1. The minimum absolute atomic E-state index is 0.0221. The predicted octanol–water partition coefficient (Wildman–Crippen LogP) is 4.76. The van der Waals surface area contributed by atoms with Gasteiger partial charge in [0.15, 0.2) is 0 Å². The van der Waals surface area contributed by atoms with Gasteiger partial charge in [0.05, 0.1) is 5.69 Å². The van der Waals surface area contributed by atoms with Crippen molar-refractivity contribution in [2.24, 2.45) is 0 Å². The first-order valence-corrected chi connectivity index (χ1v) is 10.9. The van der Waals surface area contributed by atoms with E-state index in [4.69, 9.17) is 11.6 Å². The first-order valence-electron chi connectivity index (χ1n) is 10.5. The van der Waals surface area contributed by atoms with Gasteiger partial charge in [-0.2, -0.15) is 5.10 Å². The summed E-state index contributed by atoms with van der Waals surface area (Å²) in [7, 11) is 0. The van der Waals surface area contributed by atoms with Gasteiger partial charge in [-0.05, 0) is 42.8 Å². The van der Waals surface area contributed by atoms with E-state index < -0.39 is 17.4 Å². The van der Waals surface area contributed by atoms with E-state index in [1.54, 1.807) is 48.5 Å². The standard InChI is InChI=1S/C26H21ClN4O3/c1-17-12-13-20(14-21(17)27)28-24(32)16-31-26(34)23(29-25(33)19-10-6-3-7-11-19)15-22(30-31)18-8-4-2-5-9-18/h2-15H,16H2,1H3,(H,28,32)(H,29,33). The fraction of sp³-hybridized carbons (Fsp3) is 0.0769. The van der Waals surface area contributed by atoms with Crippen molar-refractivity contribution in [3.05, 3.63) is 111 Å². The summed E-state index contributed by atoms with van der Waals surface area (Å²) >= 11 is 6.13. The van der Waals surface area contributed by atoms with E-state index in [2.05, 4.69) is 15.7 Å². The molecule has 8 heteroatoms. The van der Waals surface area contributed by atoms with E-state index in [-0.39, 0.29) is 12.2 Å². The second-order valence-corrected chi connectivity index (χ2v) is 8.01. The zero-order valence-corrected chi connectivity index (χ0v) is 19.0. The van der Waals surface area contributed by atoms with Crippen molar-refractivity contribution in [2.45, 2.75) is 13.5 Å². The Labute approximate surface area is 201 Å². The maximum atomic E-state index is 13.1. The predicted molar refractivity (Wildman–Crippen MR) is 133 cm³/mol. The molecule has 2 amide bonds. The summed E-state index contributed by atoms with van der Waals surface area (Å²) in [4.78, 5) is 38.5. The first-order chi connectivity index (χ1) is 16.4. The van der Waals surface area contributed by atoms with Gasteiger partial charge in [-0.25, -0.2) is 4.68 Å². The number of aromatic nitrogens is 2. The lowest BCUT2D eigenvalue weighted by Gasteiger charge is -2.12. The molecular weight excluding hydrogens is 452 g/mol. The van der Waals surface area contributed by atoms with Crippen molar-refractivity contribution in [1.82, 2.24) is 9.78 Å². The lowest BCUT2D eigenvalue weighted by atomic mass is 10.1. The molecule has 0 fully saturated rings. The Kier molecular flexibility index (Phi) is 6.85. The minimum Gasteiger partial charge on any atom is -0.324 e. The Balaban J connectivity index is 1.65. The summed E-state index contributed by atoms with van der Waals surface area (Å²) in [6.45, 7) is 1.51. The van der Waals surface area contributed by atoms with Crippen molar-refractivity contribution in [3.63, 3.8) is 0 Å². The van der Waals surface area contributed by atoms with Crippen LogP contribution in [-0.2, 0) is 11.3 Å². The van der Waals surface area contributed by atoms with Crippen LogP contribution in [0, 0.1) is 6.92 Å². The highest BCUT2D eigenvalue weighted by Crippen LogP contribution is 2.21. The van der Waals surface area contributed by atoms with Crippen molar-refractivity contribution in [2.75, 3.05) is 10.6 Å². The molecule has 4 rings (SSSR count). The molecule has 0 spiro atoms. The van der Waals surface area contributed by atoms with Gasteiger partial charge in [-0.15, -0.1) is 0 Å². The molecule has 0 saturated carbocycles. The highest BCUT2D eigenvalue weighted by Gasteiger charge is 2.16. The molecule has 3 aromatic carbocycles. The summed E-state index contributed by atoms with van der Waals surface area (Å²) in [6, 6.07) is 24.4. The van der Waals surface area contributed by atoms with E-state index in [0.717, 1.165) is 15.8 Å². The van der Waals surface area contributed by atoms with Crippen LogP contribution in [0.4, 0.5) is 11.4 Å². The molecule has 0 radical (unpaired) electrons. The normalized spacial score (nSPS) is 10.5. The van der Waals surface area contributed by atoms with Gasteiger partial charge in [-0.1, -0.05) is 66.2 Å². The fourth-order valence-corrected chi connectivity index (χ4v) is 3.46. The van der Waals surface area contributed by atoms with Crippen LogP contribution in [0.5, 0.6) is 0 Å². The Morgan fingerprint density at radius 2 is 1.59 bits per heavy atom. The van der Waals surface area contributed by atoms with Crippen molar-refractivity contribution in [3.8, 4) is 11.3 Å². The molecule has 1 aromatic heterocycles. The van der Waals surface area contributed by atoms with Gasteiger partial charge in [0.25, 0.3) is 11.5 Å². The molecular formula is C26H21ClN4O3. The first kappa shape index (κ1) is 22.9. The number of hydrogen-bond acceptors (Lipinski definition) is 4. The molecule has 0 aliphatic carbocycles. The van der Waals surface area contributed by atoms with Crippen LogP contribution < -0.4 is 16.2 Å². The number of halogens is 1. The molecule has 7 nitrogen and oxygen atoms in total. The van der Waals surface area contributed by atoms with E-state index in [9.17, 15) is 14.4 Å². The van der Waals surface area contributed by atoms with Crippen LogP contribution in [0.15, 0.2) is 89.7 Å². The minimum atomic E-state index is -0.596. The number of carbonyl (C=O) groups excluding carboxylic acids is 2. The van der Waals surface area contributed by atoms with Gasteiger partial charge in [0.1, 0.15) is 12.2 Å². The summed E-state index contributed by atoms with van der Waals surface area (Å²) in [5.41, 5.74) is 2.39. The Morgan fingerprint density at radius 1 is 0.912 bits per heavy atom. The Bertz CT molecular complexity index is 1400. The number of benzene rings is 3. The molecule has 0 aliphatic rings. The SMILES string of the molecule is Cc1ccc(NC(=O)Cn2nc(-c3ccccc3)cc(NC(=O)c3ccccc3)c2=O)cc1Cl. The monoisotopic (exact) mass is 472 g/mol. The second-order valence-electron chi connectivity index (χ2n) is 7.60. The van der Waals surface area contributed by atoms with Gasteiger partial charge in [-0.3, -0.25) is 14.4 Å². The third kappa shape index (κ3) is 5.39. The number of rotatable bonds is 6. The number of anilines is 2. The molecule has 0 unspecified atom stereocenters. The van der Waals surface area contributed by atoms with Crippen LogP contribution in [0.3, 0.4) is 0 Å². The Morgan fingerprint density at radius 3 is 2.26 bits per heavy atom. The quantitative estimate of drug-likeness (QED) is 0.423. The van der Waals surface area contributed by atoms with E-state index >= 15 is 0 Å². The molecule has 34 heavy (non-hydrogen) atoms. The van der Waals surface area contributed by atoms with E-state index in [0.29, 0.717) is 22.0 Å². The van der Waals surface area contributed by atoms with Gasteiger partial charge < -0.3 is 10.6 Å². The highest BCUT2D eigenvalue weighted by molar-refractivity contribution is 6.31. The molecule has 0 aliphatic heterocycles. The lowest BCUT2D eigenvalue weighted by molar-refractivity contribution is -0.117. The average Bonchev–Trinajstić information content (AvgIpc) is 2.85. The number of nitrogens with zero attached hydrogens (tertiary/aromatic N) is 2. The third-order valence-electron chi connectivity index (χ3n) is 5.08. The van der Waals surface area contributed by atoms with Crippen molar-refractivity contribution in [1.29, 1.82) is 0 Å². The Hall–Kier alpha value is -4.23. The zero-order chi connectivity index (χ0) is 24.1. The molecule has 4 aromatic rings. The van der Waals surface area contributed by atoms with Crippen LogP contribution >= 0.6 is 11.6 Å². The lowest BCUT2D eigenvalue weighted by Crippen LogP contribution is -2.32.